The summed E-state index contributed by atoms with van der Waals surface area (Å²) in [5.74, 6) is -0.427. The molecule has 0 radical (unpaired) electrons. The second-order valence-corrected chi connectivity index (χ2v) is 7.85. The molecule has 0 fully saturated rings. The van der Waals surface area contributed by atoms with Gasteiger partial charge in [0.05, 0.1) is 12.0 Å². The summed E-state index contributed by atoms with van der Waals surface area (Å²) < 4.78 is 46.0. The molecule has 0 aliphatic heterocycles. The van der Waals surface area contributed by atoms with Gasteiger partial charge in [0.2, 0.25) is 5.91 Å². The number of carbonyl (C=O) groups excluding carboxylic acids is 1. The quantitative estimate of drug-likeness (QED) is 0.669. The van der Waals surface area contributed by atoms with Gasteiger partial charge in [-0.2, -0.15) is 12.7 Å². The number of nitrogens with zero attached hydrogens (tertiary/aromatic N) is 2. The molecule has 0 bridgehead atoms. The van der Waals surface area contributed by atoms with Crippen molar-refractivity contribution in [3.05, 3.63) is 54.2 Å². The van der Waals surface area contributed by atoms with Crippen molar-refractivity contribution >= 4 is 21.8 Å². The van der Waals surface area contributed by atoms with Crippen LogP contribution in [0, 0.1) is 5.82 Å². The number of furan rings is 1. The minimum atomic E-state index is -4.02. The average molecular weight is 383 g/mol. The number of rotatable bonds is 9. The first kappa shape index (κ1) is 19.9. The van der Waals surface area contributed by atoms with Crippen molar-refractivity contribution < 1.29 is 22.0 Å². The summed E-state index contributed by atoms with van der Waals surface area (Å²) in [5.41, 5.74) is -0.174. The van der Waals surface area contributed by atoms with Gasteiger partial charge in [0.1, 0.15) is 18.1 Å². The molecule has 0 atom stereocenters. The summed E-state index contributed by atoms with van der Waals surface area (Å²) in [4.78, 5) is 12.2. The molecule has 2 rings (SSSR count). The summed E-state index contributed by atoms with van der Waals surface area (Å²) in [7, 11) is -1.38. The molecule has 7 nitrogen and oxygen atoms in total. The number of anilines is 1. The Morgan fingerprint density at radius 1 is 1.19 bits per heavy atom. The number of hydrogen-bond acceptors (Lipinski definition) is 4. The molecule has 0 spiro atoms. The molecular formula is C17H22FN3O4S. The molecule has 0 aliphatic rings. The van der Waals surface area contributed by atoms with Crippen molar-refractivity contribution in [3.63, 3.8) is 0 Å². The topological polar surface area (TPSA) is 82.9 Å². The predicted molar refractivity (Wildman–Crippen MR) is 96.4 cm³/mol. The number of hydrogen-bond donors (Lipinski definition) is 1. The van der Waals surface area contributed by atoms with Crippen molar-refractivity contribution in [3.8, 4) is 0 Å². The zero-order valence-electron chi connectivity index (χ0n) is 14.7. The maximum atomic E-state index is 14.1. The van der Waals surface area contributed by atoms with E-state index in [1.807, 2.05) is 6.07 Å². The highest BCUT2D eigenvalue weighted by Gasteiger charge is 2.29. The van der Waals surface area contributed by atoms with Gasteiger partial charge < -0.3 is 9.73 Å². The fraction of sp³-hybridized carbons (Fsp3) is 0.353. The van der Waals surface area contributed by atoms with Gasteiger partial charge in [-0.05, 0) is 30.7 Å². The Morgan fingerprint density at radius 3 is 2.54 bits per heavy atom. The van der Waals surface area contributed by atoms with E-state index in [9.17, 15) is 17.6 Å². The number of benzene rings is 1. The second kappa shape index (κ2) is 8.81. The van der Waals surface area contributed by atoms with Crippen molar-refractivity contribution in [1.29, 1.82) is 0 Å². The van der Waals surface area contributed by atoms with E-state index in [1.54, 1.807) is 12.3 Å². The third-order valence-corrected chi connectivity index (χ3v) is 5.46. The highest BCUT2D eigenvalue weighted by Crippen LogP contribution is 2.22. The second-order valence-electron chi connectivity index (χ2n) is 5.78. The van der Waals surface area contributed by atoms with E-state index in [0.717, 1.165) is 20.4 Å². The highest BCUT2D eigenvalue weighted by atomic mass is 32.2. The maximum Gasteiger partial charge on any atom is 0.304 e. The van der Waals surface area contributed by atoms with Gasteiger partial charge in [-0.3, -0.25) is 4.79 Å². The minimum Gasteiger partial charge on any atom is -0.469 e. The Morgan fingerprint density at radius 2 is 1.92 bits per heavy atom. The third-order valence-electron chi connectivity index (χ3n) is 3.65. The Kier molecular flexibility index (Phi) is 6.76. The molecular weight excluding hydrogens is 361 g/mol. The van der Waals surface area contributed by atoms with Gasteiger partial charge in [-0.25, -0.2) is 8.70 Å². The Labute approximate surface area is 152 Å². The monoisotopic (exact) mass is 383 g/mol. The van der Waals surface area contributed by atoms with Crippen LogP contribution in [0.3, 0.4) is 0 Å². The molecule has 1 heterocycles. The highest BCUT2D eigenvalue weighted by molar-refractivity contribution is 7.90. The van der Waals surface area contributed by atoms with E-state index in [4.69, 9.17) is 4.42 Å². The van der Waals surface area contributed by atoms with Crippen molar-refractivity contribution in [2.45, 2.75) is 12.8 Å². The van der Waals surface area contributed by atoms with E-state index in [0.29, 0.717) is 19.4 Å². The molecule has 142 valence electrons. The molecule has 1 aromatic carbocycles. The number of halogens is 1. The van der Waals surface area contributed by atoms with Crippen LogP contribution in [0.4, 0.5) is 10.1 Å². The van der Waals surface area contributed by atoms with Crippen LogP contribution in [0.1, 0.15) is 12.2 Å². The Bertz CT molecular complexity index is 822. The predicted octanol–water partition coefficient (Wildman–Crippen LogP) is 1.78. The fourth-order valence-corrected chi connectivity index (χ4v) is 3.34. The number of para-hydroxylation sites is 1. The molecule has 1 amide bonds. The lowest BCUT2D eigenvalue weighted by Gasteiger charge is -2.27. The summed E-state index contributed by atoms with van der Waals surface area (Å²) in [6, 6.07) is 9.05. The SMILES string of the molecule is CN(C)S(=O)(=O)N(CC(=O)NCCCc1ccco1)c1ccccc1F. The summed E-state index contributed by atoms with van der Waals surface area (Å²) >= 11 is 0. The van der Waals surface area contributed by atoms with Gasteiger partial charge >= 0.3 is 10.2 Å². The summed E-state index contributed by atoms with van der Waals surface area (Å²) in [6.45, 7) is -0.158. The number of carbonyl (C=O) groups is 1. The van der Waals surface area contributed by atoms with Crippen LogP contribution >= 0.6 is 0 Å². The molecule has 1 aromatic heterocycles. The van der Waals surface area contributed by atoms with Crippen molar-refractivity contribution in [2.24, 2.45) is 0 Å². The van der Waals surface area contributed by atoms with Crippen LogP contribution in [0.2, 0.25) is 0 Å². The lowest BCUT2D eigenvalue weighted by atomic mass is 10.2. The first-order chi connectivity index (χ1) is 12.3. The smallest absolute Gasteiger partial charge is 0.304 e. The van der Waals surface area contributed by atoms with Crippen LogP contribution in [0.15, 0.2) is 47.1 Å². The first-order valence-electron chi connectivity index (χ1n) is 8.06. The molecule has 2 aromatic rings. The van der Waals surface area contributed by atoms with E-state index < -0.39 is 28.5 Å². The number of aryl methyl sites for hydroxylation is 1. The Balaban J connectivity index is 2.02. The van der Waals surface area contributed by atoms with Crippen LogP contribution in [-0.2, 0) is 21.4 Å². The zero-order chi connectivity index (χ0) is 19.2. The van der Waals surface area contributed by atoms with Gasteiger partial charge in [0.15, 0.2) is 0 Å². The molecule has 1 N–H and O–H groups in total. The summed E-state index contributed by atoms with van der Waals surface area (Å²) in [5, 5.41) is 2.65. The normalized spacial score (nSPS) is 11.5. The average Bonchev–Trinajstić information content (AvgIpc) is 3.10. The Hall–Kier alpha value is -2.39. The molecule has 0 unspecified atom stereocenters. The zero-order valence-corrected chi connectivity index (χ0v) is 15.5. The maximum absolute atomic E-state index is 14.1. The fourth-order valence-electron chi connectivity index (χ4n) is 2.27. The number of amides is 1. The lowest BCUT2D eigenvalue weighted by Crippen LogP contribution is -2.46. The van der Waals surface area contributed by atoms with Crippen molar-refractivity contribution in [1.82, 2.24) is 9.62 Å². The first-order valence-corrected chi connectivity index (χ1v) is 9.46. The molecule has 0 saturated heterocycles. The molecule has 26 heavy (non-hydrogen) atoms. The standard InChI is InChI=1S/C17H22FN3O4S/c1-20(2)26(23,24)21(16-10-4-3-9-15(16)18)13-17(22)19-11-5-7-14-8-6-12-25-14/h3-4,6,8-10,12H,5,7,11,13H2,1-2H3,(H,19,22). The van der Waals surface area contributed by atoms with Gasteiger partial charge in [-0.15, -0.1) is 0 Å². The van der Waals surface area contributed by atoms with Crippen LogP contribution < -0.4 is 9.62 Å². The molecule has 0 saturated carbocycles. The van der Waals surface area contributed by atoms with Gasteiger partial charge in [0.25, 0.3) is 0 Å². The van der Waals surface area contributed by atoms with Crippen LogP contribution in [-0.4, -0.2) is 45.8 Å². The number of nitrogens with one attached hydrogen (secondary N) is 1. The third kappa shape index (κ3) is 5.06. The lowest BCUT2D eigenvalue weighted by molar-refractivity contribution is -0.119. The van der Waals surface area contributed by atoms with E-state index in [-0.39, 0.29) is 5.69 Å². The molecule has 0 aliphatic carbocycles. The van der Waals surface area contributed by atoms with Gasteiger partial charge in [-0.1, -0.05) is 12.1 Å². The van der Waals surface area contributed by atoms with E-state index in [1.165, 1.54) is 32.3 Å². The van der Waals surface area contributed by atoms with Crippen LogP contribution in [0.25, 0.3) is 0 Å². The minimum absolute atomic E-state index is 0.174. The van der Waals surface area contributed by atoms with Gasteiger partial charge in [0, 0.05) is 27.1 Å². The largest absolute Gasteiger partial charge is 0.469 e. The van der Waals surface area contributed by atoms with Crippen molar-refractivity contribution in [2.75, 3.05) is 31.5 Å². The summed E-state index contributed by atoms with van der Waals surface area (Å²) in [6.07, 6.45) is 2.87. The molecule has 9 heteroatoms. The van der Waals surface area contributed by atoms with E-state index in [2.05, 4.69) is 5.32 Å². The van der Waals surface area contributed by atoms with E-state index >= 15 is 0 Å². The van der Waals surface area contributed by atoms with Crippen LogP contribution in [0.5, 0.6) is 0 Å².